The lowest BCUT2D eigenvalue weighted by atomic mass is 10.2. The first-order valence-electron chi connectivity index (χ1n) is 6.46. The van der Waals surface area contributed by atoms with E-state index < -0.39 is 0 Å². The molecule has 1 aromatic heterocycles. The quantitative estimate of drug-likeness (QED) is 0.807. The van der Waals surface area contributed by atoms with E-state index in [-0.39, 0.29) is 12.7 Å². The second kappa shape index (κ2) is 6.68. The van der Waals surface area contributed by atoms with Gasteiger partial charge < -0.3 is 15.2 Å². The van der Waals surface area contributed by atoms with E-state index in [4.69, 9.17) is 9.84 Å². The molecule has 1 atom stereocenters. The van der Waals surface area contributed by atoms with E-state index >= 15 is 0 Å². The van der Waals surface area contributed by atoms with Crippen LogP contribution in [0.3, 0.4) is 0 Å². The molecule has 0 aromatic carbocycles. The van der Waals surface area contributed by atoms with Crippen molar-refractivity contribution in [1.82, 2.24) is 9.88 Å². The smallest absolute Gasteiger partial charge is 0.126 e. The molecule has 0 amide bonds. The Morgan fingerprint density at radius 1 is 1.56 bits per heavy atom. The highest BCUT2D eigenvalue weighted by atomic mass is 16.5. The van der Waals surface area contributed by atoms with Crippen LogP contribution in [0.1, 0.15) is 12.6 Å². The molecule has 0 saturated carbocycles. The Balaban J connectivity index is 1.93. The van der Waals surface area contributed by atoms with E-state index in [0.29, 0.717) is 6.61 Å². The lowest BCUT2D eigenvalue weighted by Gasteiger charge is -2.31. The molecule has 100 valence electrons. The predicted octanol–water partition coefficient (Wildman–Crippen LogP) is 0.706. The molecule has 18 heavy (non-hydrogen) atoms. The summed E-state index contributed by atoms with van der Waals surface area (Å²) in [4.78, 5) is 6.82. The van der Waals surface area contributed by atoms with Gasteiger partial charge in [0.2, 0.25) is 0 Å². The van der Waals surface area contributed by atoms with Gasteiger partial charge in [0.05, 0.1) is 25.0 Å². The summed E-state index contributed by atoms with van der Waals surface area (Å²) >= 11 is 0. The lowest BCUT2D eigenvalue weighted by molar-refractivity contribution is -0.0553. The van der Waals surface area contributed by atoms with Gasteiger partial charge in [0.25, 0.3) is 0 Å². The molecule has 5 heteroatoms. The molecule has 0 spiro atoms. The van der Waals surface area contributed by atoms with Gasteiger partial charge in [0.15, 0.2) is 0 Å². The van der Waals surface area contributed by atoms with Gasteiger partial charge in [0.1, 0.15) is 5.82 Å². The van der Waals surface area contributed by atoms with E-state index in [1.54, 1.807) is 0 Å². The van der Waals surface area contributed by atoms with Crippen LogP contribution < -0.4 is 5.32 Å². The standard InChI is InChI=1S/C13H21N3O2/c1-2-14-13-5-3-4-11(15-13)8-16-6-7-18-12(9-16)10-17/h3-5,12,17H,2,6-10H2,1H3,(H,14,15). The number of hydrogen-bond acceptors (Lipinski definition) is 5. The number of anilines is 1. The zero-order valence-electron chi connectivity index (χ0n) is 10.8. The number of nitrogens with one attached hydrogen (secondary N) is 1. The van der Waals surface area contributed by atoms with Crippen molar-refractivity contribution in [1.29, 1.82) is 0 Å². The highest BCUT2D eigenvalue weighted by molar-refractivity contribution is 5.34. The number of pyridine rings is 1. The van der Waals surface area contributed by atoms with Gasteiger partial charge in [-0.2, -0.15) is 0 Å². The van der Waals surface area contributed by atoms with E-state index in [0.717, 1.165) is 37.7 Å². The molecule has 2 rings (SSSR count). The summed E-state index contributed by atoms with van der Waals surface area (Å²) in [6.45, 7) is 6.16. The Bertz CT molecular complexity index is 373. The Labute approximate surface area is 108 Å². The maximum Gasteiger partial charge on any atom is 0.126 e. The first-order chi connectivity index (χ1) is 8.81. The molecule has 1 unspecified atom stereocenters. The molecule has 0 radical (unpaired) electrons. The largest absolute Gasteiger partial charge is 0.394 e. The number of aliphatic hydroxyl groups is 1. The summed E-state index contributed by atoms with van der Waals surface area (Å²) in [7, 11) is 0. The van der Waals surface area contributed by atoms with Gasteiger partial charge in [-0.3, -0.25) is 4.90 Å². The number of hydrogen-bond donors (Lipinski definition) is 2. The molecule has 5 nitrogen and oxygen atoms in total. The minimum atomic E-state index is -0.0595. The molecule has 2 N–H and O–H groups in total. The summed E-state index contributed by atoms with van der Waals surface area (Å²) in [5, 5.41) is 12.3. The van der Waals surface area contributed by atoms with Crippen molar-refractivity contribution in [2.45, 2.75) is 19.6 Å². The van der Waals surface area contributed by atoms with Crippen molar-refractivity contribution in [2.24, 2.45) is 0 Å². The summed E-state index contributed by atoms with van der Waals surface area (Å²) in [6, 6.07) is 6.03. The predicted molar refractivity (Wildman–Crippen MR) is 70.5 cm³/mol. The third-order valence-corrected chi connectivity index (χ3v) is 2.98. The second-order valence-corrected chi connectivity index (χ2v) is 4.45. The van der Waals surface area contributed by atoms with Crippen LogP contribution in [-0.4, -0.2) is 53.9 Å². The molecular weight excluding hydrogens is 230 g/mol. The van der Waals surface area contributed by atoms with Crippen LogP contribution in [0, 0.1) is 0 Å². The first kappa shape index (κ1) is 13.3. The number of aromatic nitrogens is 1. The molecule has 0 bridgehead atoms. The summed E-state index contributed by atoms with van der Waals surface area (Å²) < 4.78 is 5.43. The fourth-order valence-electron chi connectivity index (χ4n) is 2.11. The molecule has 1 aliphatic rings. The fourth-order valence-corrected chi connectivity index (χ4v) is 2.11. The third-order valence-electron chi connectivity index (χ3n) is 2.98. The minimum absolute atomic E-state index is 0.0595. The third kappa shape index (κ3) is 3.66. The van der Waals surface area contributed by atoms with Crippen LogP contribution >= 0.6 is 0 Å². The zero-order chi connectivity index (χ0) is 12.8. The Morgan fingerprint density at radius 3 is 3.22 bits per heavy atom. The molecular formula is C13H21N3O2. The van der Waals surface area contributed by atoms with Crippen LogP contribution in [0.4, 0.5) is 5.82 Å². The first-order valence-corrected chi connectivity index (χ1v) is 6.46. The molecule has 1 aliphatic heterocycles. The van der Waals surface area contributed by atoms with Crippen LogP contribution in [0.15, 0.2) is 18.2 Å². The molecule has 1 aromatic rings. The SMILES string of the molecule is CCNc1cccc(CN2CCOC(CO)C2)n1. The normalized spacial score (nSPS) is 20.9. The van der Waals surface area contributed by atoms with Crippen molar-refractivity contribution in [3.8, 4) is 0 Å². The summed E-state index contributed by atoms with van der Waals surface area (Å²) in [5.41, 5.74) is 1.05. The highest BCUT2D eigenvalue weighted by Gasteiger charge is 2.19. The molecule has 2 heterocycles. The average Bonchev–Trinajstić information content (AvgIpc) is 2.40. The Morgan fingerprint density at radius 2 is 2.44 bits per heavy atom. The maximum atomic E-state index is 9.11. The van der Waals surface area contributed by atoms with Gasteiger partial charge in [-0.25, -0.2) is 4.98 Å². The monoisotopic (exact) mass is 251 g/mol. The van der Waals surface area contributed by atoms with E-state index in [2.05, 4.69) is 22.1 Å². The average molecular weight is 251 g/mol. The number of morpholine rings is 1. The molecule has 1 saturated heterocycles. The second-order valence-electron chi connectivity index (χ2n) is 4.45. The van der Waals surface area contributed by atoms with Crippen LogP contribution in [0.25, 0.3) is 0 Å². The van der Waals surface area contributed by atoms with Gasteiger partial charge in [-0.05, 0) is 19.1 Å². The van der Waals surface area contributed by atoms with Crippen molar-refractivity contribution in [3.05, 3.63) is 23.9 Å². The van der Waals surface area contributed by atoms with Crippen LogP contribution in [0.5, 0.6) is 0 Å². The van der Waals surface area contributed by atoms with Gasteiger partial charge in [-0.1, -0.05) is 6.07 Å². The number of ether oxygens (including phenoxy) is 1. The van der Waals surface area contributed by atoms with Crippen LogP contribution in [0.2, 0.25) is 0 Å². The number of rotatable bonds is 5. The van der Waals surface area contributed by atoms with E-state index in [1.807, 2.05) is 18.2 Å². The highest BCUT2D eigenvalue weighted by Crippen LogP contribution is 2.11. The van der Waals surface area contributed by atoms with Crippen molar-refractivity contribution in [2.75, 3.05) is 38.2 Å². The summed E-state index contributed by atoms with van der Waals surface area (Å²) in [5.74, 6) is 0.918. The maximum absolute atomic E-state index is 9.11. The minimum Gasteiger partial charge on any atom is -0.394 e. The molecule has 1 fully saturated rings. The van der Waals surface area contributed by atoms with Crippen molar-refractivity contribution in [3.63, 3.8) is 0 Å². The van der Waals surface area contributed by atoms with Crippen molar-refractivity contribution >= 4 is 5.82 Å². The number of nitrogens with zero attached hydrogens (tertiary/aromatic N) is 2. The van der Waals surface area contributed by atoms with Gasteiger partial charge in [-0.15, -0.1) is 0 Å². The van der Waals surface area contributed by atoms with Gasteiger partial charge >= 0.3 is 0 Å². The Hall–Kier alpha value is -1.17. The van der Waals surface area contributed by atoms with Crippen molar-refractivity contribution < 1.29 is 9.84 Å². The topological polar surface area (TPSA) is 57.6 Å². The van der Waals surface area contributed by atoms with E-state index in [9.17, 15) is 0 Å². The Kier molecular flexibility index (Phi) is 4.92. The fraction of sp³-hybridized carbons (Fsp3) is 0.615. The molecule has 0 aliphatic carbocycles. The van der Waals surface area contributed by atoms with Crippen LogP contribution in [-0.2, 0) is 11.3 Å². The zero-order valence-corrected chi connectivity index (χ0v) is 10.8. The lowest BCUT2D eigenvalue weighted by Crippen LogP contribution is -2.43. The van der Waals surface area contributed by atoms with E-state index in [1.165, 1.54) is 0 Å². The van der Waals surface area contributed by atoms with Gasteiger partial charge in [0, 0.05) is 26.2 Å². The summed E-state index contributed by atoms with van der Waals surface area (Å²) in [6.07, 6.45) is -0.0595. The number of aliphatic hydroxyl groups excluding tert-OH is 1.